The second kappa shape index (κ2) is 7.46. The largest absolute Gasteiger partial charge is 0.246 e. The van der Waals surface area contributed by atoms with E-state index in [1.165, 1.54) is 11.5 Å². The molecule has 4 aromatic rings. The molecule has 4 rings (SSSR count). The molecule has 0 fully saturated rings. The minimum absolute atomic E-state index is 0.668. The number of rotatable bonds is 3. The van der Waals surface area contributed by atoms with E-state index in [4.69, 9.17) is 28.2 Å². The number of hydrogen-bond acceptors (Lipinski definition) is 3. The highest BCUT2D eigenvalue weighted by Crippen LogP contribution is 2.24. The van der Waals surface area contributed by atoms with E-state index in [-0.39, 0.29) is 0 Å². The van der Waals surface area contributed by atoms with Gasteiger partial charge in [-0.15, -0.1) is 0 Å². The quantitative estimate of drug-likeness (QED) is 0.408. The summed E-state index contributed by atoms with van der Waals surface area (Å²) in [5.41, 5.74) is 2.82. The zero-order valence-electron chi connectivity index (χ0n) is 13.5. The van der Waals surface area contributed by atoms with E-state index in [2.05, 4.69) is 8.95 Å². The minimum atomic E-state index is 0.668. The predicted octanol–water partition coefficient (Wildman–Crippen LogP) is 6.14. The minimum Gasteiger partial charge on any atom is -0.246 e. The first-order valence-electron chi connectivity index (χ1n) is 7.91. The Labute approximate surface area is 165 Å². The Bertz CT molecular complexity index is 1080. The number of benzene rings is 3. The van der Waals surface area contributed by atoms with Crippen molar-refractivity contribution in [3.8, 4) is 17.1 Å². The molecule has 0 N–H and O–H groups in total. The summed E-state index contributed by atoms with van der Waals surface area (Å²) in [7, 11) is 0. The second-order valence-electron chi connectivity index (χ2n) is 5.53. The van der Waals surface area contributed by atoms with Gasteiger partial charge in [-0.05, 0) is 72.2 Å². The molecule has 0 atom stereocenters. The number of nitrogens with zero attached hydrogens (tertiary/aromatic N) is 3. The van der Waals surface area contributed by atoms with E-state index in [0.29, 0.717) is 14.8 Å². The number of para-hydroxylation sites is 1. The van der Waals surface area contributed by atoms with Crippen molar-refractivity contribution < 1.29 is 0 Å². The molecular formula is C20H13Cl2N3S. The van der Waals surface area contributed by atoms with Gasteiger partial charge >= 0.3 is 0 Å². The van der Waals surface area contributed by atoms with Gasteiger partial charge in [0.15, 0.2) is 5.82 Å². The maximum absolute atomic E-state index is 6.03. The summed E-state index contributed by atoms with van der Waals surface area (Å²) in [6.45, 7) is 0. The van der Waals surface area contributed by atoms with Gasteiger partial charge in [0, 0.05) is 15.6 Å². The summed E-state index contributed by atoms with van der Waals surface area (Å²) in [5.74, 6) is 0.825. The van der Waals surface area contributed by atoms with Gasteiger partial charge in [-0.1, -0.05) is 41.4 Å². The lowest BCUT2D eigenvalue weighted by Crippen LogP contribution is -1.97. The van der Waals surface area contributed by atoms with Crippen LogP contribution in [0, 0.1) is 0 Å². The lowest BCUT2D eigenvalue weighted by Gasteiger charge is -2.06. The first-order chi connectivity index (χ1) is 12.7. The predicted molar refractivity (Wildman–Crippen MR) is 109 cm³/mol. The van der Waals surface area contributed by atoms with Crippen molar-refractivity contribution >= 4 is 40.4 Å². The topological polar surface area (TPSA) is 30.2 Å². The number of halogens is 2. The summed E-state index contributed by atoms with van der Waals surface area (Å²) in [5, 5.41) is 1.38. The van der Waals surface area contributed by atoms with E-state index >= 15 is 0 Å². The molecule has 6 heteroatoms. The second-order valence-corrected chi connectivity index (χ2v) is 7.32. The Balaban J connectivity index is 1.87. The molecule has 0 aliphatic carbocycles. The molecule has 0 bridgehead atoms. The zero-order valence-corrected chi connectivity index (χ0v) is 15.8. The Kier molecular flexibility index (Phi) is 4.89. The van der Waals surface area contributed by atoms with Gasteiger partial charge in [0.25, 0.3) is 0 Å². The van der Waals surface area contributed by atoms with Crippen LogP contribution in [0.25, 0.3) is 17.1 Å². The first kappa shape index (κ1) is 17.0. The van der Waals surface area contributed by atoms with Crippen molar-refractivity contribution in [1.82, 2.24) is 8.94 Å². The van der Waals surface area contributed by atoms with E-state index < -0.39 is 0 Å². The molecule has 3 nitrogen and oxygen atoms in total. The third-order valence-electron chi connectivity index (χ3n) is 3.71. The van der Waals surface area contributed by atoms with Crippen LogP contribution < -0.4 is 4.80 Å². The van der Waals surface area contributed by atoms with Crippen molar-refractivity contribution in [2.75, 3.05) is 0 Å². The normalized spacial score (nSPS) is 11.7. The summed E-state index contributed by atoms with van der Waals surface area (Å²) >= 11 is 13.5. The van der Waals surface area contributed by atoms with E-state index in [9.17, 15) is 0 Å². The molecule has 0 aliphatic heterocycles. The molecule has 0 unspecified atom stereocenters. The Morgan fingerprint density at radius 1 is 0.769 bits per heavy atom. The summed E-state index contributed by atoms with van der Waals surface area (Å²) < 4.78 is 2.07. The van der Waals surface area contributed by atoms with Gasteiger partial charge in [-0.3, -0.25) is 0 Å². The van der Waals surface area contributed by atoms with Crippen LogP contribution >= 0.6 is 34.7 Å². The van der Waals surface area contributed by atoms with Gasteiger partial charge < -0.3 is 0 Å². The molecule has 0 saturated carbocycles. The molecule has 0 saturated heterocycles. The molecule has 1 heterocycles. The fourth-order valence-electron chi connectivity index (χ4n) is 2.47. The SMILES string of the molecule is Clc1ccc(N=c2nc(-c3ccc(Cl)cc3)n(-c3ccccc3)s2)cc1. The first-order valence-corrected chi connectivity index (χ1v) is 9.44. The molecule has 0 aliphatic rings. The Morgan fingerprint density at radius 3 is 2.04 bits per heavy atom. The summed E-state index contributed by atoms with van der Waals surface area (Å²) in [6.07, 6.45) is 0. The molecule has 0 spiro atoms. The highest BCUT2D eigenvalue weighted by Gasteiger charge is 2.11. The Morgan fingerprint density at radius 2 is 1.38 bits per heavy atom. The van der Waals surface area contributed by atoms with Crippen LogP contribution in [0.4, 0.5) is 5.69 Å². The lowest BCUT2D eigenvalue weighted by molar-refractivity contribution is 1.12. The van der Waals surface area contributed by atoms with Gasteiger partial charge in [0.05, 0.1) is 11.4 Å². The highest BCUT2D eigenvalue weighted by molar-refractivity contribution is 7.04. The van der Waals surface area contributed by atoms with Gasteiger partial charge in [-0.25, -0.2) is 8.95 Å². The van der Waals surface area contributed by atoms with E-state index in [1.807, 2.05) is 78.9 Å². The third kappa shape index (κ3) is 3.73. The molecule has 0 amide bonds. The summed E-state index contributed by atoms with van der Waals surface area (Å²) in [6, 6.07) is 25.1. The molecular weight excluding hydrogens is 385 g/mol. The fourth-order valence-corrected chi connectivity index (χ4v) is 3.62. The van der Waals surface area contributed by atoms with Crippen LogP contribution in [0.2, 0.25) is 10.0 Å². The van der Waals surface area contributed by atoms with Crippen LogP contribution in [-0.2, 0) is 0 Å². The van der Waals surface area contributed by atoms with Crippen LogP contribution in [0.3, 0.4) is 0 Å². The van der Waals surface area contributed by atoms with Crippen LogP contribution in [0.1, 0.15) is 0 Å². The summed E-state index contributed by atoms with van der Waals surface area (Å²) in [4.78, 5) is 10.0. The molecule has 0 radical (unpaired) electrons. The van der Waals surface area contributed by atoms with Crippen molar-refractivity contribution in [2.24, 2.45) is 4.99 Å². The fraction of sp³-hybridized carbons (Fsp3) is 0. The maximum atomic E-state index is 6.03. The highest BCUT2D eigenvalue weighted by atomic mass is 35.5. The zero-order chi connectivity index (χ0) is 17.9. The third-order valence-corrected chi connectivity index (χ3v) is 5.13. The molecule has 3 aromatic carbocycles. The van der Waals surface area contributed by atoms with E-state index in [1.54, 1.807) is 0 Å². The van der Waals surface area contributed by atoms with Gasteiger partial charge in [0.1, 0.15) is 0 Å². The van der Waals surface area contributed by atoms with Crippen LogP contribution in [0.5, 0.6) is 0 Å². The lowest BCUT2D eigenvalue weighted by atomic mass is 10.2. The molecule has 128 valence electrons. The smallest absolute Gasteiger partial charge is 0.228 e. The van der Waals surface area contributed by atoms with Crippen molar-refractivity contribution in [1.29, 1.82) is 0 Å². The average Bonchev–Trinajstić information content (AvgIpc) is 3.09. The molecule has 1 aromatic heterocycles. The maximum Gasteiger partial charge on any atom is 0.228 e. The van der Waals surface area contributed by atoms with Crippen molar-refractivity contribution in [3.05, 3.63) is 93.7 Å². The van der Waals surface area contributed by atoms with Gasteiger partial charge in [-0.2, -0.15) is 4.98 Å². The van der Waals surface area contributed by atoms with E-state index in [0.717, 1.165) is 22.8 Å². The Hall–Kier alpha value is -2.40. The van der Waals surface area contributed by atoms with Crippen molar-refractivity contribution in [2.45, 2.75) is 0 Å². The monoisotopic (exact) mass is 397 g/mol. The molecule has 26 heavy (non-hydrogen) atoms. The van der Waals surface area contributed by atoms with Crippen molar-refractivity contribution in [3.63, 3.8) is 0 Å². The number of aromatic nitrogens is 2. The number of hydrogen-bond donors (Lipinski definition) is 0. The van der Waals surface area contributed by atoms with Crippen LogP contribution in [-0.4, -0.2) is 8.94 Å². The standard InChI is InChI=1S/C20H13Cl2N3S/c21-15-8-6-14(7-9-15)19-24-20(23-17-12-10-16(22)11-13-17)26-25(19)18-4-2-1-3-5-18/h1-13H. The average molecular weight is 398 g/mol. The van der Waals surface area contributed by atoms with Gasteiger partial charge in [0.2, 0.25) is 4.80 Å². The van der Waals surface area contributed by atoms with Crippen LogP contribution in [0.15, 0.2) is 83.9 Å².